The first-order chi connectivity index (χ1) is 22.9. The summed E-state index contributed by atoms with van der Waals surface area (Å²) in [5, 5.41) is 0. The Hall–Kier alpha value is -6.54. The molecule has 2 heterocycles. The number of amides is 4. The number of benzene rings is 5. The number of rotatable bonds is 6. The summed E-state index contributed by atoms with van der Waals surface area (Å²) in [6.07, 6.45) is 0. The molecule has 48 heavy (non-hydrogen) atoms. The number of hydrogen-bond donors (Lipinski definition) is 2. The number of allylic oxidation sites excluding steroid dienone is 2. The molecule has 0 radical (unpaired) electrons. The van der Waals surface area contributed by atoms with Gasteiger partial charge in [0, 0.05) is 22.5 Å². The average Bonchev–Trinajstić information content (AvgIpc) is 3.47. The van der Waals surface area contributed by atoms with E-state index >= 15 is 0 Å². The third-order valence-corrected chi connectivity index (χ3v) is 8.78. The second-order valence-electron chi connectivity index (χ2n) is 12.1. The summed E-state index contributed by atoms with van der Waals surface area (Å²) in [4.78, 5) is 57.8. The van der Waals surface area contributed by atoms with Crippen LogP contribution in [0.2, 0.25) is 0 Å². The van der Waals surface area contributed by atoms with Gasteiger partial charge in [-0.05, 0) is 108 Å². The Bertz CT molecular complexity index is 2120. The molecule has 4 amide bonds. The Morgan fingerprint density at radius 1 is 0.458 bits per heavy atom. The third kappa shape index (κ3) is 4.70. The molecular weight excluding hydrogens is 600 g/mol. The zero-order valence-electron chi connectivity index (χ0n) is 26.3. The van der Waals surface area contributed by atoms with Gasteiger partial charge in [-0.25, -0.2) is 9.80 Å². The van der Waals surface area contributed by atoms with Crippen molar-refractivity contribution in [1.82, 2.24) is 0 Å². The van der Waals surface area contributed by atoms with Gasteiger partial charge >= 0.3 is 0 Å². The van der Waals surface area contributed by atoms with Gasteiger partial charge in [0.25, 0.3) is 23.6 Å². The van der Waals surface area contributed by atoms with Gasteiger partial charge in [-0.3, -0.25) is 19.2 Å². The van der Waals surface area contributed by atoms with Gasteiger partial charge in [-0.2, -0.15) is 0 Å². The highest BCUT2D eigenvalue weighted by Gasteiger charge is 2.41. The molecule has 0 aromatic heterocycles. The second-order valence-corrected chi connectivity index (χ2v) is 12.1. The standard InChI is InChI=1S/C40H30N4O4/c1-21(2)31-19-36(44-38(46)30-16-10-26(18-34(30)40(44)48)24-7-13-28(42)14-8-24)32(22(3)4)20-35(31)43-37(45)29-15-9-25(17-33(29)39(43)47)23-5-11-27(41)12-6-23/h5-20H,1,3,41-42H2,2,4H3. The Morgan fingerprint density at radius 2 is 0.771 bits per heavy atom. The number of nitrogen functional groups attached to an aromatic ring is 2. The minimum Gasteiger partial charge on any atom is -0.399 e. The molecule has 0 unspecified atom stereocenters. The van der Waals surface area contributed by atoms with Crippen LogP contribution in [0.5, 0.6) is 0 Å². The second kappa shape index (κ2) is 11.1. The van der Waals surface area contributed by atoms with E-state index in [1.54, 1.807) is 86.6 Å². The molecular formula is C40H30N4O4. The maximum atomic E-state index is 14.0. The van der Waals surface area contributed by atoms with Crippen molar-refractivity contribution in [2.45, 2.75) is 13.8 Å². The van der Waals surface area contributed by atoms with Crippen molar-refractivity contribution >= 4 is 57.5 Å². The fourth-order valence-electron chi connectivity index (χ4n) is 6.26. The lowest BCUT2D eigenvalue weighted by Gasteiger charge is -2.25. The van der Waals surface area contributed by atoms with E-state index in [4.69, 9.17) is 11.5 Å². The van der Waals surface area contributed by atoms with Crippen LogP contribution in [0.15, 0.2) is 110 Å². The molecule has 0 saturated heterocycles. The van der Waals surface area contributed by atoms with Gasteiger partial charge in [-0.15, -0.1) is 0 Å². The average molecular weight is 631 g/mol. The highest BCUT2D eigenvalue weighted by atomic mass is 16.2. The van der Waals surface area contributed by atoms with E-state index in [9.17, 15) is 19.2 Å². The van der Waals surface area contributed by atoms with Gasteiger partial charge in [0.15, 0.2) is 0 Å². The number of carbonyl (C=O) groups excluding carboxylic acids is 4. The van der Waals surface area contributed by atoms with Gasteiger partial charge in [0.2, 0.25) is 0 Å². The van der Waals surface area contributed by atoms with Crippen molar-refractivity contribution in [3.8, 4) is 22.3 Å². The van der Waals surface area contributed by atoms with E-state index in [0.717, 1.165) is 32.1 Å². The highest BCUT2D eigenvalue weighted by Crippen LogP contribution is 2.43. The third-order valence-electron chi connectivity index (χ3n) is 8.78. The first-order valence-electron chi connectivity index (χ1n) is 15.2. The summed E-state index contributed by atoms with van der Waals surface area (Å²) in [5.74, 6) is -1.97. The van der Waals surface area contributed by atoms with Crippen LogP contribution < -0.4 is 21.3 Å². The summed E-state index contributed by atoms with van der Waals surface area (Å²) in [6, 6.07) is 28.0. The maximum absolute atomic E-state index is 14.0. The molecule has 0 fully saturated rings. The lowest BCUT2D eigenvalue weighted by Crippen LogP contribution is -2.32. The van der Waals surface area contributed by atoms with E-state index in [2.05, 4.69) is 13.2 Å². The molecule has 5 aromatic carbocycles. The molecule has 0 atom stereocenters. The number of imide groups is 2. The van der Waals surface area contributed by atoms with E-state index in [1.165, 1.54) is 0 Å². The van der Waals surface area contributed by atoms with Crippen LogP contribution in [-0.2, 0) is 0 Å². The fourth-order valence-corrected chi connectivity index (χ4v) is 6.26. The molecule has 234 valence electrons. The number of carbonyl (C=O) groups is 4. The number of anilines is 4. The lowest BCUT2D eigenvalue weighted by atomic mass is 9.97. The van der Waals surface area contributed by atoms with E-state index in [-0.39, 0.29) is 33.6 Å². The molecule has 0 spiro atoms. The molecule has 2 aliphatic rings. The van der Waals surface area contributed by atoms with Crippen molar-refractivity contribution in [2.24, 2.45) is 0 Å². The van der Waals surface area contributed by atoms with Crippen LogP contribution >= 0.6 is 0 Å². The number of hydrogen-bond acceptors (Lipinski definition) is 6. The minimum atomic E-state index is -0.494. The monoisotopic (exact) mass is 630 g/mol. The summed E-state index contributed by atoms with van der Waals surface area (Å²) < 4.78 is 0. The topological polar surface area (TPSA) is 127 Å². The van der Waals surface area contributed by atoms with E-state index in [0.29, 0.717) is 33.6 Å². The molecule has 0 aliphatic carbocycles. The van der Waals surface area contributed by atoms with Crippen molar-refractivity contribution in [3.05, 3.63) is 144 Å². The van der Waals surface area contributed by atoms with Gasteiger partial charge in [0.05, 0.1) is 33.6 Å². The highest BCUT2D eigenvalue weighted by molar-refractivity contribution is 6.37. The number of fused-ring (bicyclic) bond motifs is 2. The Morgan fingerprint density at radius 3 is 1.10 bits per heavy atom. The summed E-state index contributed by atoms with van der Waals surface area (Å²) in [5.41, 5.74) is 19.7. The van der Waals surface area contributed by atoms with Crippen LogP contribution in [-0.4, -0.2) is 23.6 Å². The molecule has 0 saturated carbocycles. The molecule has 7 rings (SSSR count). The van der Waals surface area contributed by atoms with Gasteiger partial charge < -0.3 is 11.5 Å². The number of nitrogens with zero attached hydrogens (tertiary/aromatic N) is 2. The Kier molecular flexibility index (Phi) is 6.95. The zero-order chi connectivity index (χ0) is 34.0. The summed E-state index contributed by atoms with van der Waals surface area (Å²) >= 11 is 0. The SMILES string of the molecule is C=C(C)c1cc(N2C(=O)c3ccc(-c4ccc(N)cc4)cc3C2=O)c(C(=C)C)cc1N1C(=O)c2ccc(-c3ccc(N)cc3)cc2C1=O. The molecule has 8 heteroatoms. The molecule has 4 N–H and O–H groups in total. The first-order valence-corrected chi connectivity index (χ1v) is 15.2. The van der Waals surface area contributed by atoms with Crippen molar-refractivity contribution in [2.75, 3.05) is 21.3 Å². The van der Waals surface area contributed by atoms with Gasteiger partial charge in [0.1, 0.15) is 0 Å². The van der Waals surface area contributed by atoms with Crippen LogP contribution in [0.4, 0.5) is 22.7 Å². The van der Waals surface area contributed by atoms with Crippen LogP contribution in [0.3, 0.4) is 0 Å². The van der Waals surface area contributed by atoms with Crippen molar-refractivity contribution in [1.29, 1.82) is 0 Å². The molecule has 8 nitrogen and oxygen atoms in total. The van der Waals surface area contributed by atoms with Crippen LogP contribution in [0, 0.1) is 0 Å². The summed E-state index contributed by atoms with van der Waals surface area (Å²) in [7, 11) is 0. The van der Waals surface area contributed by atoms with Crippen molar-refractivity contribution < 1.29 is 19.2 Å². The van der Waals surface area contributed by atoms with E-state index < -0.39 is 23.6 Å². The maximum Gasteiger partial charge on any atom is 0.266 e. The van der Waals surface area contributed by atoms with Crippen molar-refractivity contribution in [3.63, 3.8) is 0 Å². The fraction of sp³-hybridized carbons (Fsp3) is 0.0500. The van der Waals surface area contributed by atoms with Crippen LogP contribution in [0.25, 0.3) is 33.4 Å². The van der Waals surface area contributed by atoms with Gasteiger partial charge in [-0.1, -0.05) is 49.6 Å². The minimum absolute atomic E-state index is 0.264. The predicted molar refractivity (Wildman–Crippen MR) is 191 cm³/mol. The largest absolute Gasteiger partial charge is 0.399 e. The molecule has 2 aliphatic heterocycles. The zero-order valence-corrected chi connectivity index (χ0v) is 26.3. The number of nitrogens with two attached hydrogens (primary N) is 2. The quantitative estimate of drug-likeness (QED) is 0.145. The Labute approximate surface area is 277 Å². The first kappa shape index (κ1) is 30.1. The lowest BCUT2D eigenvalue weighted by molar-refractivity contribution is 0.0909. The normalized spacial score (nSPS) is 13.6. The molecule has 0 bridgehead atoms. The predicted octanol–water partition coefficient (Wildman–Crippen LogP) is 7.85. The molecule has 5 aromatic rings. The van der Waals surface area contributed by atoms with Crippen LogP contribution in [0.1, 0.15) is 66.4 Å². The smallest absolute Gasteiger partial charge is 0.266 e. The summed E-state index contributed by atoms with van der Waals surface area (Å²) in [6.45, 7) is 11.7. The van der Waals surface area contributed by atoms with E-state index in [1.807, 2.05) is 24.3 Å². The Balaban J connectivity index is 1.30.